The summed E-state index contributed by atoms with van der Waals surface area (Å²) in [6.07, 6.45) is 0.849. The van der Waals surface area contributed by atoms with E-state index < -0.39 is 12.0 Å². The summed E-state index contributed by atoms with van der Waals surface area (Å²) in [6.45, 7) is 6.57. The summed E-state index contributed by atoms with van der Waals surface area (Å²) < 4.78 is 1.05. The zero-order valence-corrected chi connectivity index (χ0v) is 12.6. The molecule has 0 heterocycles. The lowest BCUT2D eigenvalue weighted by Crippen LogP contribution is -2.41. The minimum absolute atomic E-state index is 0.120. The number of benzene rings is 1. The first-order chi connectivity index (χ1) is 8.47. The van der Waals surface area contributed by atoms with Gasteiger partial charge in [-0.3, -0.25) is 4.79 Å². The first-order valence-electron chi connectivity index (χ1n) is 6.17. The minimum atomic E-state index is -0.781. The number of hydrogen-bond donors (Lipinski definition) is 2. The van der Waals surface area contributed by atoms with Gasteiger partial charge in [0.15, 0.2) is 0 Å². The van der Waals surface area contributed by atoms with Crippen LogP contribution >= 0.6 is 15.9 Å². The Morgan fingerprint density at radius 3 is 2.72 bits per heavy atom. The summed E-state index contributed by atoms with van der Waals surface area (Å²) in [5.41, 5.74) is 2.28. The fourth-order valence-electron chi connectivity index (χ4n) is 1.83. The molecule has 0 unspecified atom stereocenters. The molecular weight excluding hydrogens is 294 g/mol. The van der Waals surface area contributed by atoms with Crippen LogP contribution in [0.3, 0.4) is 0 Å². The highest BCUT2D eigenvalue weighted by Crippen LogP contribution is 2.19. The zero-order valence-electron chi connectivity index (χ0n) is 11.0. The SMILES string of the molecule is CC[C@H](C)[C@H](NCc1cccc(Br)c1C)C(=O)O. The Morgan fingerprint density at radius 2 is 2.17 bits per heavy atom. The van der Waals surface area contributed by atoms with Crippen molar-refractivity contribution in [2.45, 2.75) is 39.8 Å². The lowest BCUT2D eigenvalue weighted by molar-refractivity contribution is -0.140. The summed E-state index contributed by atoms with van der Waals surface area (Å²) in [6, 6.07) is 5.48. The second-order valence-electron chi connectivity index (χ2n) is 4.61. The standard InChI is InChI=1S/C14H20BrNO2/c1-4-9(2)13(14(17)18)16-8-11-6-5-7-12(15)10(11)3/h5-7,9,13,16H,4,8H2,1-3H3,(H,17,18)/t9-,13-/m0/s1. The van der Waals surface area contributed by atoms with E-state index in [1.807, 2.05) is 39.0 Å². The van der Waals surface area contributed by atoms with E-state index in [0.29, 0.717) is 6.54 Å². The Kier molecular flexibility index (Phi) is 5.82. The van der Waals surface area contributed by atoms with Crippen molar-refractivity contribution in [2.75, 3.05) is 0 Å². The molecule has 4 heteroatoms. The van der Waals surface area contributed by atoms with Gasteiger partial charge in [0.1, 0.15) is 6.04 Å². The zero-order chi connectivity index (χ0) is 13.7. The number of halogens is 1. The highest BCUT2D eigenvalue weighted by atomic mass is 79.9. The van der Waals surface area contributed by atoms with Crippen LogP contribution in [0.4, 0.5) is 0 Å². The summed E-state index contributed by atoms with van der Waals surface area (Å²) in [7, 11) is 0. The summed E-state index contributed by atoms with van der Waals surface area (Å²) in [5, 5.41) is 12.3. The maximum absolute atomic E-state index is 11.2. The monoisotopic (exact) mass is 313 g/mol. The minimum Gasteiger partial charge on any atom is -0.480 e. The van der Waals surface area contributed by atoms with Gasteiger partial charge in [-0.1, -0.05) is 48.3 Å². The molecular formula is C14H20BrNO2. The Labute approximate surface area is 117 Å². The molecule has 0 aliphatic rings. The smallest absolute Gasteiger partial charge is 0.320 e. The van der Waals surface area contributed by atoms with E-state index in [1.54, 1.807) is 0 Å². The number of rotatable bonds is 6. The summed E-state index contributed by atoms with van der Waals surface area (Å²) in [4.78, 5) is 11.2. The van der Waals surface area contributed by atoms with Crippen LogP contribution in [0.2, 0.25) is 0 Å². The first-order valence-corrected chi connectivity index (χ1v) is 6.96. The second-order valence-corrected chi connectivity index (χ2v) is 5.46. The molecule has 0 aliphatic carbocycles. The second kappa shape index (κ2) is 6.90. The van der Waals surface area contributed by atoms with Gasteiger partial charge < -0.3 is 10.4 Å². The van der Waals surface area contributed by atoms with Gasteiger partial charge in [-0.15, -0.1) is 0 Å². The van der Waals surface area contributed by atoms with Crippen LogP contribution in [0.1, 0.15) is 31.4 Å². The largest absolute Gasteiger partial charge is 0.480 e. The third-order valence-corrected chi connectivity index (χ3v) is 4.23. The van der Waals surface area contributed by atoms with Gasteiger partial charge in [0.2, 0.25) is 0 Å². The highest BCUT2D eigenvalue weighted by Gasteiger charge is 2.22. The fraction of sp³-hybridized carbons (Fsp3) is 0.500. The van der Waals surface area contributed by atoms with Gasteiger partial charge in [-0.05, 0) is 30.0 Å². The van der Waals surface area contributed by atoms with Crippen molar-refractivity contribution >= 4 is 21.9 Å². The first kappa shape index (κ1) is 15.2. The Bertz CT molecular complexity index is 420. The van der Waals surface area contributed by atoms with Gasteiger partial charge in [-0.2, -0.15) is 0 Å². The van der Waals surface area contributed by atoms with Crippen molar-refractivity contribution in [3.8, 4) is 0 Å². The molecule has 0 bridgehead atoms. The number of nitrogens with one attached hydrogen (secondary N) is 1. The maximum atomic E-state index is 11.2. The molecule has 2 N–H and O–H groups in total. The van der Waals surface area contributed by atoms with Crippen molar-refractivity contribution in [3.05, 3.63) is 33.8 Å². The van der Waals surface area contributed by atoms with Crippen molar-refractivity contribution < 1.29 is 9.90 Å². The molecule has 1 aromatic carbocycles. The Hall–Kier alpha value is -0.870. The quantitative estimate of drug-likeness (QED) is 0.846. The van der Waals surface area contributed by atoms with Gasteiger partial charge >= 0.3 is 5.97 Å². The molecule has 2 atom stereocenters. The number of carboxylic acids is 1. The molecule has 0 aliphatic heterocycles. The van der Waals surface area contributed by atoms with E-state index in [9.17, 15) is 9.90 Å². The lowest BCUT2D eigenvalue weighted by atomic mass is 9.98. The van der Waals surface area contributed by atoms with E-state index >= 15 is 0 Å². The molecule has 0 amide bonds. The van der Waals surface area contributed by atoms with Gasteiger partial charge in [-0.25, -0.2) is 0 Å². The molecule has 1 rings (SSSR count). The van der Waals surface area contributed by atoms with E-state index in [4.69, 9.17) is 0 Å². The molecule has 100 valence electrons. The Morgan fingerprint density at radius 1 is 1.50 bits per heavy atom. The van der Waals surface area contributed by atoms with Crippen molar-refractivity contribution in [3.63, 3.8) is 0 Å². The van der Waals surface area contributed by atoms with E-state index in [0.717, 1.165) is 22.0 Å². The van der Waals surface area contributed by atoms with Gasteiger partial charge in [0.25, 0.3) is 0 Å². The van der Waals surface area contributed by atoms with Crippen LogP contribution < -0.4 is 5.32 Å². The number of carboxylic acid groups (broad SMARTS) is 1. The predicted molar refractivity (Wildman–Crippen MR) is 76.6 cm³/mol. The number of aliphatic carboxylic acids is 1. The van der Waals surface area contributed by atoms with Crippen LogP contribution in [0.15, 0.2) is 22.7 Å². The molecule has 1 aromatic rings. The average molecular weight is 314 g/mol. The molecule has 18 heavy (non-hydrogen) atoms. The summed E-state index contributed by atoms with van der Waals surface area (Å²) >= 11 is 3.48. The van der Waals surface area contributed by atoms with Crippen LogP contribution in [0.25, 0.3) is 0 Å². The third-order valence-electron chi connectivity index (χ3n) is 3.37. The Balaban J connectivity index is 2.73. The summed E-state index contributed by atoms with van der Waals surface area (Å²) in [5.74, 6) is -0.660. The third kappa shape index (κ3) is 3.82. The molecule has 0 saturated heterocycles. The molecule has 0 fully saturated rings. The predicted octanol–water partition coefficient (Wildman–Crippen LogP) is 3.35. The van der Waals surface area contributed by atoms with Crippen LogP contribution in [0, 0.1) is 12.8 Å². The van der Waals surface area contributed by atoms with E-state index in [-0.39, 0.29) is 5.92 Å². The number of hydrogen-bond acceptors (Lipinski definition) is 2. The molecule has 0 spiro atoms. The van der Waals surface area contributed by atoms with E-state index in [1.165, 1.54) is 0 Å². The number of carbonyl (C=O) groups is 1. The molecule has 0 radical (unpaired) electrons. The van der Waals surface area contributed by atoms with Crippen molar-refractivity contribution in [2.24, 2.45) is 5.92 Å². The molecule has 3 nitrogen and oxygen atoms in total. The lowest BCUT2D eigenvalue weighted by Gasteiger charge is -2.21. The topological polar surface area (TPSA) is 49.3 Å². The highest BCUT2D eigenvalue weighted by molar-refractivity contribution is 9.10. The van der Waals surface area contributed by atoms with Crippen molar-refractivity contribution in [1.82, 2.24) is 5.32 Å². The van der Waals surface area contributed by atoms with E-state index in [2.05, 4.69) is 21.2 Å². The molecule has 0 saturated carbocycles. The van der Waals surface area contributed by atoms with Crippen LogP contribution in [-0.4, -0.2) is 17.1 Å². The van der Waals surface area contributed by atoms with Crippen LogP contribution in [-0.2, 0) is 11.3 Å². The average Bonchev–Trinajstić information content (AvgIpc) is 2.33. The van der Waals surface area contributed by atoms with Gasteiger partial charge in [0.05, 0.1) is 0 Å². The maximum Gasteiger partial charge on any atom is 0.320 e. The normalized spacial score (nSPS) is 14.2. The van der Waals surface area contributed by atoms with Crippen molar-refractivity contribution in [1.29, 1.82) is 0 Å². The van der Waals surface area contributed by atoms with Gasteiger partial charge in [0, 0.05) is 11.0 Å². The van der Waals surface area contributed by atoms with Crippen LogP contribution in [0.5, 0.6) is 0 Å². The fourth-order valence-corrected chi connectivity index (χ4v) is 2.24. The molecule has 0 aromatic heterocycles.